The minimum absolute atomic E-state index is 0.0417. The summed E-state index contributed by atoms with van der Waals surface area (Å²) in [6.07, 6.45) is 3.33. The Morgan fingerprint density at radius 2 is 2.28 bits per heavy atom. The SMILES string of the molecule is N#Cc1ccc(CCc2ncc(C=O)[nH]2)cc1F. The number of nitrogens with zero attached hydrogens (tertiary/aromatic N) is 2. The van der Waals surface area contributed by atoms with Crippen LogP contribution in [-0.2, 0) is 12.8 Å². The molecule has 0 bridgehead atoms. The Kier molecular flexibility index (Phi) is 3.49. The highest BCUT2D eigenvalue weighted by molar-refractivity contribution is 5.71. The molecule has 0 saturated carbocycles. The van der Waals surface area contributed by atoms with Crippen molar-refractivity contribution >= 4 is 6.29 Å². The van der Waals surface area contributed by atoms with Crippen molar-refractivity contribution in [3.05, 3.63) is 52.9 Å². The maximum absolute atomic E-state index is 13.3. The predicted octanol–water partition coefficient (Wildman–Crippen LogP) is 2.02. The van der Waals surface area contributed by atoms with E-state index in [9.17, 15) is 9.18 Å². The minimum atomic E-state index is -0.511. The second-order valence-corrected chi connectivity index (χ2v) is 3.83. The molecule has 1 heterocycles. The number of aldehydes is 1. The van der Waals surface area contributed by atoms with E-state index in [-0.39, 0.29) is 5.56 Å². The number of hydrogen-bond acceptors (Lipinski definition) is 3. The Morgan fingerprint density at radius 1 is 1.44 bits per heavy atom. The topological polar surface area (TPSA) is 69.5 Å². The van der Waals surface area contributed by atoms with Gasteiger partial charge in [0.1, 0.15) is 17.7 Å². The summed E-state index contributed by atoms with van der Waals surface area (Å²) in [5.41, 5.74) is 1.26. The quantitative estimate of drug-likeness (QED) is 0.835. The van der Waals surface area contributed by atoms with Gasteiger partial charge in [0.15, 0.2) is 6.29 Å². The predicted molar refractivity (Wildman–Crippen MR) is 62.5 cm³/mol. The molecular formula is C13H10FN3O. The number of carbonyl (C=O) groups excluding carboxylic acids is 1. The molecule has 0 aliphatic heterocycles. The first kappa shape index (κ1) is 12.0. The summed E-state index contributed by atoms with van der Waals surface area (Å²) in [5, 5.41) is 8.61. The molecule has 0 saturated heterocycles. The van der Waals surface area contributed by atoms with Crippen molar-refractivity contribution in [1.82, 2.24) is 9.97 Å². The number of halogens is 1. The van der Waals surface area contributed by atoms with Gasteiger partial charge < -0.3 is 4.98 Å². The van der Waals surface area contributed by atoms with Crippen LogP contribution >= 0.6 is 0 Å². The normalized spacial score (nSPS) is 10.0. The van der Waals surface area contributed by atoms with Crippen molar-refractivity contribution in [2.75, 3.05) is 0 Å². The van der Waals surface area contributed by atoms with E-state index in [4.69, 9.17) is 5.26 Å². The maximum atomic E-state index is 13.3. The molecule has 1 N–H and O–H groups in total. The maximum Gasteiger partial charge on any atom is 0.167 e. The van der Waals surface area contributed by atoms with Gasteiger partial charge in [0, 0.05) is 6.42 Å². The summed E-state index contributed by atoms with van der Waals surface area (Å²) in [6.45, 7) is 0. The first-order chi connectivity index (χ1) is 8.72. The fraction of sp³-hybridized carbons (Fsp3) is 0.154. The van der Waals surface area contributed by atoms with Crippen molar-refractivity contribution in [1.29, 1.82) is 5.26 Å². The van der Waals surface area contributed by atoms with E-state index in [1.54, 1.807) is 12.1 Å². The highest BCUT2D eigenvalue weighted by Gasteiger charge is 2.04. The third-order valence-corrected chi connectivity index (χ3v) is 2.58. The largest absolute Gasteiger partial charge is 0.340 e. The molecule has 0 atom stereocenters. The van der Waals surface area contributed by atoms with E-state index in [0.717, 1.165) is 5.56 Å². The monoisotopic (exact) mass is 243 g/mol. The molecule has 5 heteroatoms. The van der Waals surface area contributed by atoms with Crippen LogP contribution in [0, 0.1) is 17.1 Å². The molecule has 0 unspecified atom stereocenters. The zero-order valence-electron chi connectivity index (χ0n) is 9.48. The second kappa shape index (κ2) is 5.23. The number of nitrogens with one attached hydrogen (secondary N) is 1. The first-order valence-corrected chi connectivity index (χ1v) is 5.40. The number of imidazole rings is 1. The Hall–Kier alpha value is -2.48. The molecule has 0 radical (unpaired) electrons. The van der Waals surface area contributed by atoms with Crippen molar-refractivity contribution in [2.45, 2.75) is 12.8 Å². The number of carbonyl (C=O) groups is 1. The van der Waals surface area contributed by atoms with Gasteiger partial charge in [-0.3, -0.25) is 4.79 Å². The molecule has 0 aliphatic carbocycles. The van der Waals surface area contributed by atoms with E-state index in [0.29, 0.717) is 30.6 Å². The number of aromatic nitrogens is 2. The lowest BCUT2D eigenvalue weighted by molar-refractivity contribution is 0.111. The van der Waals surface area contributed by atoms with Gasteiger partial charge in [-0.05, 0) is 24.1 Å². The van der Waals surface area contributed by atoms with Crippen molar-refractivity contribution in [3.63, 3.8) is 0 Å². The molecule has 2 aromatic rings. The fourth-order valence-electron chi connectivity index (χ4n) is 1.63. The third-order valence-electron chi connectivity index (χ3n) is 2.58. The van der Waals surface area contributed by atoms with Crippen LogP contribution < -0.4 is 0 Å². The van der Waals surface area contributed by atoms with Crippen LogP contribution in [0.5, 0.6) is 0 Å². The van der Waals surface area contributed by atoms with E-state index in [1.165, 1.54) is 18.3 Å². The summed E-state index contributed by atoms with van der Waals surface area (Å²) >= 11 is 0. The molecular weight excluding hydrogens is 233 g/mol. The molecule has 0 amide bonds. The van der Waals surface area contributed by atoms with Gasteiger partial charge in [0.05, 0.1) is 17.5 Å². The van der Waals surface area contributed by atoms with E-state index in [1.807, 2.05) is 0 Å². The van der Waals surface area contributed by atoms with Crippen molar-refractivity contribution in [2.24, 2.45) is 0 Å². The molecule has 1 aromatic heterocycles. The number of nitriles is 1. The first-order valence-electron chi connectivity index (χ1n) is 5.40. The van der Waals surface area contributed by atoms with Crippen LogP contribution in [0.15, 0.2) is 24.4 Å². The molecule has 0 spiro atoms. The average Bonchev–Trinajstić information content (AvgIpc) is 2.84. The van der Waals surface area contributed by atoms with Gasteiger partial charge in [0.2, 0.25) is 0 Å². The van der Waals surface area contributed by atoms with E-state index in [2.05, 4.69) is 9.97 Å². The average molecular weight is 243 g/mol. The van der Waals surface area contributed by atoms with Gasteiger partial charge in [-0.1, -0.05) is 6.07 Å². The Balaban J connectivity index is 2.04. The molecule has 0 aliphatic rings. The zero-order valence-corrected chi connectivity index (χ0v) is 9.48. The summed E-state index contributed by atoms with van der Waals surface area (Å²) in [4.78, 5) is 17.3. The van der Waals surface area contributed by atoms with Crippen LogP contribution in [0.4, 0.5) is 4.39 Å². The summed E-state index contributed by atoms with van der Waals surface area (Å²) in [5.74, 6) is 0.171. The molecule has 2 rings (SSSR count). The molecule has 18 heavy (non-hydrogen) atoms. The van der Waals surface area contributed by atoms with Gasteiger partial charge in [-0.2, -0.15) is 5.26 Å². The Labute approximate surface area is 103 Å². The van der Waals surface area contributed by atoms with E-state index < -0.39 is 5.82 Å². The number of aryl methyl sites for hydroxylation is 2. The highest BCUT2D eigenvalue weighted by Crippen LogP contribution is 2.11. The molecule has 90 valence electrons. The van der Waals surface area contributed by atoms with Gasteiger partial charge in [-0.15, -0.1) is 0 Å². The van der Waals surface area contributed by atoms with Crippen LogP contribution in [0.25, 0.3) is 0 Å². The van der Waals surface area contributed by atoms with Crippen molar-refractivity contribution in [3.8, 4) is 6.07 Å². The molecule has 1 aromatic carbocycles. The zero-order chi connectivity index (χ0) is 13.0. The Bertz CT molecular complexity index is 613. The Morgan fingerprint density at radius 3 is 2.89 bits per heavy atom. The van der Waals surface area contributed by atoms with Crippen LogP contribution in [0.1, 0.15) is 27.4 Å². The van der Waals surface area contributed by atoms with Crippen molar-refractivity contribution < 1.29 is 9.18 Å². The standard InChI is InChI=1S/C13H10FN3O/c14-12-5-9(1-3-10(12)6-15)2-4-13-16-7-11(8-18)17-13/h1,3,5,7-8H,2,4H2,(H,16,17). The lowest BCUT2D eigenvalue weighted by Gasteiger charge is -2.01. The number of rotatable bonds is 4. The molecule has 4 nitrogen and oxygen atoms in total. The number of H-pyrrole nitrogens is 1. The van der Waals surface area contributed by atoms with Crippen LogP contribution in [-0.4, -0.2) is 16.3 Å². The third kappa shape index (κ3) is 2.61. The van der Waals surface area contributed by atoms with E-state index >= 15 is 0 Å². The lowest BCUT2D eigenvalue weighted by Crippen LogP contribution is -1.95. The number of hydrogen-bond donors (Lipinski definition) is 1. The summed E-state index contributed by atoms with van der Waals surface area (Å²) in [6, 6.07) is 6.30. The number of benzene rings is 1. The lowest BCUT2D eigenvalue weighted by atomic mass is 10.1. The summed E-state index contributed by atoms with van der Waals surface area (Å²) < 4.78 is 13.3. The van der Waals surface area contributed by atoms with Crippen LogP contribution in [0.2, 0.25) is 0 Å². The van der Waals surface area contributed by atoms with Gasteiger partial charge >= 0.3 is 0 Å². The number of aromatic amines is 1. The fourth-order valence-corrected chi connectivity index (χ4v) is 1.63. The highest BCUT2D eigenvalue weighted by atomic mass is 19.1. The second-order valence-electron chi connectivity index (χ2n) is 3.83. The minimum Gasteiger partial charge on any atom is -0.340 e. The van der Waals surface area contributed by atoms with Crippen LogP contribution in [0.3, 0.4) is 0 Å². The summed E-state index contributed by atoms with van der Waals surface area (Å²) in [7, 11) is 0. The van der Waals surface area contributed by atoms with Gasteiger partial charge in [0.25, 0.3) is 0 Å². The smallest absolute Gasteiger partial charge is 0.167 e. The van der Waals surface area contributed by atoms with Gasteiger partial charge in [-0.25, -0.2) is 9.37 Å². The molecule has 0 fully saturated rings.